The summed E-state index contributed by atoms with van der Waals surface area (Å²) in [6.07, 6.45) is 8.46. The number of esters is 1. The first kappa shape index (κ1) is 19.1. The minimum Gasteiger partial charge on any atom is -0.456 e. The molecule has 3 aliphatic rings. The number of allylic oxidation sites excluding steroid dienone is 2. The van der Waals surface area contributed by atoms with Crippen LogP contribution in [0.15, 0.2) is 54.9 Å². The monoisotopic (exact) mass is 410 g/mol. The van der Waals surface area contributed by atoms with Gasteiger partial charge in [-0.25, -0.2) is 4.68 Å². The fourth-order valence-electron chi connectivity index (χ4n) is 3.84. The van der Waals surface area contributed by atoms with Gasteiger partial charge in [0.15, 0.2) is 24.3 Å². The Bertz CT molecular complexity index is 974. The molecule has 0 radical (unpaired) electrons. The van der Waals surface area contributed by atoms with Crippen molar-refractivity contribution < 1.29 is 23.7 Å². The molecule has 2 aromatic heterocycles. The van der Waals surface area contributed by atoms with Crippen LogP contribution in [0.4, 0.5) is 0 Å². The highest BCUT2D eigenvalue weighted by Crippen LogP contribution is 2.39. The van der Waals surface area contributed by atoms with Crippen LogP contribution in [0.25, 0.3) is 11.4 Å². The fraction of sp³-hybridized carbons (Fsp3) is 0.429. The molecule has 0 N–H and O–H groups in total. The molecule has 2 saturated heterocycles. The maximum atomic E-state index is 12.6. The van der Waals surface area contributed by atoms with E-state index in [1.165, 1.54) is 0 Å². The molecule has 9 nitrogen and oxygen atoms in total. The summed E-state index contributed by atoms with van der Waals surface area (Å²) < 4.78 is 25.3. The summed E-state index contributed by atoms with van der Waals surface area (Å²) in [6.45, 7) is 3.94. The third-order valence-electron chi connectivity index (χ3n) is 5.19. The van der Waals surface area contributed by atoms with E-state index >= 15 is 0 Å². The predicted octanol–water partition coefficient (Wildman–Crippen LogP) is 1.87. The molecule has 1 aliphatic carbocycles. The quantitative estimate of drug-likeness (QED) is 0.689. The number of hydrogen-bond acceptors (Lipinski definition) is 8. The molecule has 0 unspecified atom stereocenters. The van der Waals surface area contributed by atoms with Crippen molar-refractivity contribution in [3.63, 3.8) is 0 Å². The molecule has 0 spiro atoms. The minimum atomic E-state index is -0.808. The second-order valence-corrected chi connectivity index (χ2v) is 7.88. The zero-order valence-electron chi connectivity index (χ0n) is 16.6. The molecule has 2 aliphatic heterocycles. The standard InChI is InChI=1S/C21H22N4O5/c1-21(2)29-18-17(28-19(26)13-7-3-4-8-13)16(27-20(18)30-21)12-25-11-15(23-24-25)14-9-5-6-10-22-14/h3-11,13,16-18,20H,12H2,1-2H3/t16-,17+,18-,20-/m1/s1. The van der Waals surface area contributed by atoms with Gasteiger partial charge in [0.05, 0.1) is 24.4 Å². The highest BCUT2D eigenvalue weighted by molar-refractivity contribution is 5.77. The van der Waals surface area contributed by atoms with Crippen LogP contribution in [0, 0.1) is 5.92 Å². The highest BCUT2D eigenvalue weighted by Gasteiger charge is 2.56. The third kappa shape index (κ3) is 3.67. The summed E-state index contributed by atoms with van der Waals surface area (Å²) >= 11 is 0. The maximum absolute atomic E-state index is 12.6. The van der Waals surface area contributed by atoms with Crippen LogP contribution in [-0.4, -0.2) is 56.3 Å². The summed E-state index contributed by atoms with van der Waals surface area (Å²) in [5.41, 5.74) is 1.38. The molecule has 2 aromatic rings. The van der Waals surface area contributed by atoms with Crippen molar-refractivity contribution in [1.82, 2.24) is 20.0 Å². The van der Waals surface area contributed by atoms with Crippen LogP contribution < -0.4 is 0 Å². The highest BCUT2D eigenvalue weighted by atomic mass is 16.8. The van der Waals surface area contributed by atoms with E-state index in [1.807, 2.05) is 44.2 Å². The minimum absolute atomic E-state index is 0.328. The van der Waals surface area contributed by atoms with Crippen molar-refractivity contribution in [1.29, 1.82) is 0 Å². The Morgan fingerprint density at radius 1 is 1.20 bits per heavy atom. The van der Waals surface area contributed by atoms with Crippen molar-refractivity contribution in [2.45, 2.75) is 50.8 Å². The number of aromatic nitrogens is 4. The van der Waals surface area contributed by atoms with Gasteiger partial charge in [0, 0.05) is 6.20 Å². The molecule has 9 heteroatoms. The summed E-state index contributed by atoms with van der Waals surface area (Å²) in [5, 5.41) is 8.35. The zero-order valence-corrected chi connectivity index (χ0v) is 16.6. The first-order valence-corrected chi connectivity index (χ1v) is 9.87. The van der Waals surface area contributed by atoms with Crippen LogP contribution >= 0.6 is 0 Å². The van der Waals surface area contributed by atoms with Gasteiger partial charge in [-0.15, -0.1) is 5.10 Å². The van der Waals surface area contributed by atoms with Crippen LogP contribution in [0.5, 0.6) is 0 Å². The summed E-state index contributed by atoms with van der Waals surface area (Å²) in [6, 6.07) is 5.59. The van der Waals surface area contributed by atoms with Gasteiger partial charge in [0.2, 0.25) is 0 Å². The van der Waals surface area contributed by atoms with Crippen molar-refractivity contribution in [2.24, 2.45) is 5.92 Å². The molecule has 156 valence electrons. The van der Waals surface area contributed by atoms with E-state index in [2.05, 4.69) is 15.3 Å². The topological polar surface area (TPSA) is 97.6 Å². The van der Waals surface area contributed by atoms with Gasteiger partial charge in [-0.1, -0.05) is 35.6 Å². The van der Waals surface area contributed by atoms with Gasteiger partial charge >= 0.3 is 5.97 Å². The Morgan fingerprint density at radius 2 is 2.03 bits per heavy atom. The van der Waals surface area contributed by atoms with Crippen LogP contribution in [-0.2, 0) is 30.3 Å². The Morgan fingerprint density at radius 3 is 2.80 bits per heavy atom. The maximum Gasteiger partial charge on any atom is 0.317 e. The summed E-state index contributed by atoms with van der Waals surface area (Å²) in [5.74, 6) is -1.56. The smallest absolute Gasteiger partial charge is 0.317 e. The van der Waals surface area contributed by atoms with Gasteiger partial charge in [-0.05, 0) is 26.0 Å². The fourth-order valence-corrected chi connectivity index (χ4v) is 3.84. The lowest BCUT2D eigenvalue weighted by molar-refractivity contribution is -0.220. The first-order chi connectivity index (χ1) is 14.5. The van der Waals surface area contributed by atoms with E-state index in [-0.39, 0.29) is 5.97 Å². The molecule has 30 heavy (non-hydrogen) atoms. The zero-order chi connectivity index (χ0) is 20.7. The van der Waals surface area contributed by atoms with Crippen LogP contribution in [0.2, 0.25) is 0 Å². The largest absolute Gasteiger partial charge is 0.456 e. The first-order valence-electron chi connectivity index (χ1n) is 9.87. The SMILES string of the molecule is CC1(C)O[C@H]2O[C@H](Cn3cc(-c4ccccn4)nn3)[C@H](OC(=O)C3C=CC=C3)[C@H]2O1. The van der Waals surface area contributed by atoms with E-state index in [4.69, 9.17) is 18.9 Å². The lowest BCUT2D eigenvalue weighted by Crippen LogP contribution is -2.41. The Hall–Kier alpha value is -2.88. The lowest BCUT2D eigenvalue weighted by atomic mass is 10.1. The van der Waals surface area contributed by atoms with Gasteiger partial charge in [-0.3, -0.25) is 9.78 Å². The lowest BCUT2D eigenvalue weighted by Gasteiger charge is -2.26. The van der Waals surface area contributed by atoms with Crippen LogP contribution in [0.3, 0.4) is 0 Å². The molecule has 4 atom stereocenters. The van der Waals surface area contributed by atoms with Crippen molar-refractivity contribution in [3.05, 3.63) is 54.9 Å². The molecule has 0 aromatic carbocycles. The average molecular weight is 410 g/mol. The Labute approximate surface area is 173 Å². The van der Waals surface area contributed by atoms with E-state index in [0.29, 0.717) is 12.2 Å². The van der Waals surface area contributed by atoms with Crippen molar-refractivity contribution in [2.75, 3.05) is 0 Å². The van der Waals surface area contributed by atoms with Gasteiger partial charge < -0.3 is 18.9 Å². The molecular formula is C21H22N4O5. The number of fused-ring (bicyclic) bond motifs is 1. The molecule has 0 amide bonds. The Kier molecular flexibility index (Phi) is 4.73. The van der Waals surface area contributed by atoms with Gasteiger partial charge in [0.25, 0.3) is 0 Å². The van der Waals surface area contributed by atoms with Crippen molar-refractivity contribution in [3.8, 4) is 11.4 Å². The van der Waals surface area contributed by atoms with Gasteiger partial charge in [0.1, 0.15) is 11.8 Å². The molecule has 2 fully saturated rings. The number of hydrogen-bond donors (Lipinski definition) is 0. The Balaban J connectivity index is 1.34. The molecule has 0 bridgehead atoms. The number of ether oxygens (including phenoxy) is 4. The normalized spacial score (nSPS) is 29.4. The second-order valence-electron chi connectivity index (χ2n) is 7.88. The molecule has 0 saturated carbocycles. The van der Waals surface area contributed by atoms with E-state index in [1.54, 1.807) is 29.2 Å². The number of carbonyl (C=O) groups excluding carboxylic acids is 1. The summed E-state index contributed by atoms with van der Waals surface area (Å²) in [7, 11) is 0. The average Bonchev–Trinajstić information content (AvgIpc) is 3.49. The third-order valence-corrected chi connectivity index (χ3v) is 5.19. The molecule has 4 heterocycles. The number of nitrogens with zero attached hydrogens (tertiary/aromatic N) is 4. The predicted molar refractivity (Wildman–Crippen MR) is 104 cm³/mol. The van der Waals surface area contributed by atoms with E-state index in [0.717, 1.165) is 5.69 Å². The van der Waals surface area contributed by atoms with E-state index in [9.17, 15) is 4.79 Å². The molecule has 5 rings (SSSR count). The van der Waals surface area contributed by atoms with Crippen molar-refractivity contribution >= 4 is 5.97 Å². The number of pyridine rings is 1. The van der Waals surface area contributed by atoms with Gasteiger partial charge in [-0.2, -0.15) is 0 Å². The number of carbonyl (C=O) groups is 1. The summed E-state index contributed by atoms with van der Waals surface area (Å²) in [4.78, 5) is 16.9. The van der Waals surface area contributed by atoms with E-state index < -0.39 is 36.3 Å². The molecular weight excluding hydrogens is 388 g/mol. The van der Waals surface area contributed by atoms with Crippen LogP contribution in [0.1, 0.15) is 13.8 Å². The number of rotatable bonds is 5. The second kappa shape index (κ2) is 7.42.